The van der Waals surface area contributed by atoms with Crippen LogP contribution in [0.15, 0.2) is 11.6 Å². The highest BCUT2D eigenvalue weighted by atomic mass is 16.1. The average Bonchev–Trinajstić information content (AvgIpc) is 2.37. The van der Waals surface area contributed by atoms with Gasteiger partial charge in [-0.05, 0) is 56.6 Å². The van der Waals surface area contributed by atoms with Crippen molar-refractivity contribution in [2.24, 2.45) is 11.7 Å². The molecule has 1 aliphatic carbocycles. The molecule has 0 aliphatic heterocycles. The Morgan fingerprint density at radius 1 is 1.35 bits per heavy atom. The molecule has 98 valence electrons. The molecule has 0 heterocycles. The van der Waals surface area contributed by atoms with E-state index < -0.39 is 0 Å². The molecule has 0 amide bonds. The van der Waals surface area contributed by atoms with Crippen LogP contribution in [0, 0.1) is 5.92 Å². The van der Waals surface area contributed by atoms with Crippen LogP contribution in [0.5, 0.6) is 0 Å². The number of rotatable bonds is 8. The first-order valence-corrected chi connectivity index (χ1v) is 7.20. The van der Waals surface area contributed by atoms with Crippen molar-refractivity contribution in [1.82, 2.24) is 0 Å². The van der Waals surface area contributed by atoms with E-state index in [0.29, 0.717) is 11.7 Å². The zero-order valence-electron chi connectivity index (χ0n) is 11.2. The summed E-state index contributed by atoms with van der Waals surface area (Å²) in [6, 6.07) is 0. The van der Waals surface area contributed by atoms with Gasteiger partial charge < -0.3 is 5.73 Å². The third-order valence-corrected chi connectivity index (χ3v) is 3.70. The molecule has 0 radical (unpaired) electrons. The third-order valence-electron chi connectivity index (χ3n) is 3.70. The van der Waals surface area contributed by atoms with Crippen LogP contribution in [0.4, 0.5) is 0 Å². The van der Waals surface area contributed by atoms with Crippen molar-refractivity contribution in [3.05, 3.63) is 11.6 Å². The highest BCUT2D eigenvalue weighted by Gasteiger charge is 2.14. The molecular weight excluding hydrogens is 210 g/mol. The Hall–Kier alpha value is -0.630. The standard InChI is InChI=1S/C15H27NO/c1-2-6-13(11-12-16)9-10-15(17)14-7-4-3-5-8-14/h7,13H,2-6,8-12,16H2,1H3. The van der Waals surface area contributed by atoms with Crippen molar-refractivity contribution in [2.45, 2.75) is 64.7 Å². The van der Waals surface area contributed by atoms with Crippen LogP contribution >= 0.6 is 0 Å². The summed E-state index contributed by atoms with van der Waals surface area (Å²) in [5.74, 6) is 1.04. The summed E-state index contributed by atoms with van der Waals surface area (Å²) >= 11 is 0. The molecule has 1 rings (SSSR count). The number of carbonyl (C=O) groups excluding carboxylic acids is 1. The number of allylic oxidation sites excluding steroid dienone is 2. The quantitative estimate of drug-likeness (QED) is 0.701. The molecular formula is C15H27NO. The van der Waals surface area contributed by atoms with Crippen molar-refractivity contribution in [1.29, 1.82) is 0 Å². The van der Waals surface area contributed by atoms with Gasteiger partial charge in [0, 0.05) is 6.42 Å². The summed E-state index contributed by atoms with van der Waals surface area (Å²) in [7, 11) is 0. The number of hydrogen-bond acceptors (Lipinski definition) is 2. The molecule has 0 saturated carbocycles. The summed E-state index contributed by atoms with van der Waals surface area (Å²) < 4.78 is 0. The lowest BCUT2D eigenvalue weighted by Gasteiger charge is -2.16. The second-order valence-corrected chi connectivity index (χ2v) is 5.17. The van der Waals surface area contributed by atoms with Crippen molar-refractivity contribution in [3.8, 4) is 0 Å². The van der Waals surface area contributed by atoms with E-state index in [9.17, 15) is 4.79 Å². The molecule has 2 nitrogen and oxygen atoms in total. The van der Waals surface area contributed by atoms with E-state index in [1.165, 1.54) is 25.7 Å². The lowest BCUT2D eigenvalue weighted by molar-refractivity contribution is -0.116. The fourth-order valence-electron chi connectivity index (χ4n) is 2.66. The SMILES string of the molecule is CCCC(CCN)CCC(=O)C1=CCCCC1. The second-order valence-electron chi connectivity index (χ2n) is 5.17. The molecule has 0 aromatic carbocycles. The second kappa shape index (κ2) is 8.46. The topological polar surface area (TPSA) is 43.1 Å². The molecule has 0 saturated heterocycles. The first-order chi connectivity index (χ1) is 8.27. The van der Waals surface area contributed by atoms with Gasteiger partial charge in [-0.1, -0.05) is 25.8 Å². The van der Waals surface area contributed by atoms with E-state index >= 15 is 0 Å². The molecule has 0 spiro atoms. The number of carbonyl (C=O) groups is 1. The summed E-state index contributed by atoms with van der Waals surface area (Å²) in [6.07, 6.45) is 11.9. The van der Waals surface area contributed by atoms with E-state index in [-0.39, 0.29) is 0 Å². The minimum atomic E-state index is 0.392. The average molecular weight is 237 g/mol. The Labute approximate surface area is 106 Å². The van der Waals surface area contributed by atoms with Crippen LogP contribution < -0.4 is 5.73 Å². The van der Waals surface area contributed by atoms with E-state index in [2.05, 4.69) is 13.0 Å². The van der Waals surface area contributed by atoms with Crippen LogP contribution in [0.25, 0.3) is 0 Å². The first kappa shape index (κ1) is 14.4. The summed E-state index contributed by atoms with van der Waals surface area (Å²) in [5, 5.41) is 0. The highest BCUT2D eigenvalue weighted by molar-refractivity contribution is 5.95. The van der Waals surface area contributed by atoms with Crippen molar-refractivity contribution < 1.29 is 4.79 Å². The van der Waals surface area contributed by atoms with Crippen molar-refractivity contribution >= 4 is 5.78 Å². The van der Waals surface area contributed by atoms with Gasteiger partial charge in [-0.15, -0.1) is 0 Å². The summed E-state index contributed by atoms with van der Waals surface area (Å²) in [4.78, 5) is 12.0. The molecule has 1 aliphatic rings. The number of ketones is 1. The maximum absolute atomic E-state index is 12.0. The van der Waals surface area contributed by atoms with Gasteiger partial charge in [-0.25, -0.2) is 0 Å². The van der Waals surface area contributed by atoms with E-state index in [0.717, 1.165) is 44.2 Å². The van der Waals surface area contributed by atoms with Gasteiger partial charge in [-0.2, -0.15) is 0 Å². The molecule has 17 heavy (non-hydrogen) atoms. The largest absolute Gasteiger partial charge is 0.330 e. The predicted molar refractivity (Wildman–Crippen MR) is 72.9 cm³/mol. The van der Waals surface area contributed by atoms with E-state index in [1.807, 2.05) is 0 Å². The van der Waals surface area contributed by atoms with Crippen LogP contribution in [0.3, 0.4) is 0 Å². The van der Waals surface area contributed by atoms with E-state index in [4.69, 9.17) is 5.73 Å². The minimum absolute atomic E-state index is 0.392. The Kier molecular flexibility index (Phi) is 7.18. The van der Waals surface area contributed by atoms with Gasteiger partial charge in [0.15, 0.2) is 5.78 Å². The maximum Gasteiger partial charge on any atom is 0.158 e. The first-order valence-electron chi connectivity index (χ1n) is 7.20. The molecule has 1 unspecified atom stereocenters. The van der Waals surface area contributed by atoms with Crippen molar-refractivity contribution in [3.63, 3.8) is 0 Å². The normalized spacial score (nSPS) is 17.6. The van der Waals surface area contributed by atoms with Gasteiger partial charge in [0.1, 0.15) is 0 Å². The zero-order valence-corrected chi connectivity index (χ0v) is 11.2. The molecule has 0 fully saturated rings. The fraction of sp³-hybridized carbons (Fsp3) is 0.800. The monoisotopic (exact) mass is 237 g/mol. The molecule has 0 bridgehead atoms. The lowest BCUT2D eigenvalue weighted by atomic mass is 9.89. The summed E-state index contributed by atoms with van der Waals surface area (Å²) in [5.41, 5.74) is 6.71. The van der Waals surface area contributed by atoms with E-state index in [1.54, 1.807) is 0 Å². The van der Waals surface area contributed by atoms with Crippen LogP contribution in [0.2, 0.25) is 0 Å². The van der Waals surface area contributed by atoms with Gasteiger partial charge >= 0.3 is 0 Å². The van der Waals surface area contributed by atoms with Crippen molar-refractivity contribution in [2.75, 3.05) is 6.54 Å². The number of Topliss-reactive ketones (excluding diaryl/α,β-unsaturated/α-hetero) is 1. The van der Waals surface area contributed by atoms with Gasteiger partial charge in [0.25, 0.3) is 0 Å². The predicted octanol–water partition coefficient (Wildman–Crippen LogP) is 3.60. The molecule has 2 heteroatoms. The summed E-state index contributed by atoms with van der Waals surface area (Å²) in [6.45, 7) is 2.95. The maximum atomic E-state index is 12.0. The Balaban J connectivity index is 2.31. The lowest BCUT2D eigenvalue weighted by Crippen LogP contribution is -2.12. The Morgan fingerprint density at radius 3 is 2.76 bits per heavy atom. The fourth-order valence-corrected chi connectivity index (χ4v) is 2.66. The van der Waals surface area contributed by atoms with Crippen LogP contribution in [-0.2, 0) is 4.79 Å². The Bertz CT molecular complexity index is 252. The smallest absolute Gasteiger partial charge is 0.158 e. The highest BCUT2D eigenvalue weighted by Crippen LogP contribution is 2.22. The van der Waals surface area contributed by atoms with Crippen LogP contribution in [0.1, 0.15) is 64.7 Å². The number of hydrogen-bond donors (Lipinski definition) is 1. The molecule has 0 aromatic rings. The minimum Gasteiger partial charge on any atom is -0.330 e. The van der Waals surface area contributed by atoms with Gasteiger partial charge in [0.05, 0.1) is 0 Å². The number of nitrogens with two attached hydrogens (primary N) is 1. The zero-order chi connectivity index (χ0) is 12.5. The Morgan fingerprint density at radius 2 is 2.18 bits per heavy atom. The molecule has 0 aromatic heterocycles. The third kappa shape index (κ3) is 5.49. The van der Waals surface area contributed by atoms with Gasteiger partial charge in [0.2, 0.25) is 0 Å². The molecule has 2 N–H and O–H groups in total. The van der Waals surface area contributed by atoms with Crippen LogP contribution in [-0.4, -0.2) is 12.3 Å². The molecule has 1 atom stereocenters. The van der Waals surface area contributed by atoms with Gasteiger partial charge in [-0.3, -0.25) is 4.79 Å².